The number of nitrogens with one attached hydrogen (secondary N) is 2. The molecular weight excluding hydrogens is 226 g/mol. The van der Waals surface area contributed by atoms with Gasteiger partial charge in [-0.25, -0.2) is 4.68 Å². The van der Waals surface area contributed by atoms with Crippen LogP contribution in [0.1, 0.15) is 37.4 Å². The molecule has 1 saturated heterocycles. The highest BCUT2D eigenvalue weighted by Crippen LogP contribution is 2.25. The van der Waals surface area contributed by atoms with Gasteiger partial charge in [0, 0.05) is 6.54 Å². The third kappa shape index (κ3) is 2.47. The van der Waals surface area contributed by atoms with Crippen LogP contribution in [0, 0.1) is 0 Å². The average molecular weight is 247 g/mol. The van der Waals surface area contributed by atoms with E-state index in [1.807, 2.05) is 6.20 Å². The second-order valence-corrected chi connectivity index (χ2v) is 5.08. The predicted molar refractivity (Wildman–Crippen MR) is 71.2 cm³/mol. The fourth-order valence-electron chi connectivity index (χ4n) is 2.84. The van der Waals surface area contributed by atoms with Crippen LogP contribution in [0.15, 0.2) is 12.3 Å². The second-order valence-electron chi connectivity index (χ2n) is 5.08. The molecule has 0 saturated carbocycles. The highest BCUT2D eigenvalue weighted by molar-refractivity contribution is 5.63. The molecule has 1 aromatic heterocycles. The number of hydrogen-bond donors (Lipinski definition) is 2. The Morgan fingerprint density at radius 3 is 3.06 bits per heavy atom. The van der Waals surface area contributed by atoms with Crippen LogP contribution in [-0.2, 0) is 0 Å². The third-order valence-corrected chi connectivity index (χ3v) is 3.86. The van der Waals surface area contributed by atoms with Gasteiger partial charge < -0.3 is 10.6 Å². The van der Waals surface area contributed by atoms with Crippen LogP contribution in [-0.4, -0.2) is 41.2 Å². The van der Waals surface area contributed by atoms with Gasteiger partial charge in [0.2, 0.25) is 0 Å². The zero-order valence-corrected chi connectivity index (χ0v) is 10.7. The van der Waals surface area contributed by atoms with E-state index in [1.54, 1.807) is 0 Å². The third-order valence-electron chi connectivity index (χ3n) is 3.86. The maximum atomic E-state index is 4.33. The normalized spacial score (nSPS) is 25.6. The molecule has 0 bridgehead atoms. The summed E-state index contributed by atoms with van der Waals surface area (Å²) in [5, 5.41) is 15.3. The lowest BCUT2D eigenvalue weighted by Crippen LogP contribution is -2.22. The quantitative estimate of drug-likeness (QED) is 0.817. The Bertz CT molecular complexity index is 415. The van der Waals surface area contributed by atoms with Crippen LogP contribution in [0.25, 0.3) is 5.57 Å². The van der Waals surface area contributed by atoms with E-state index in [9.17, 15) is 0 Å². The lowest BCUT2D eigenvalue weighted by Gasteiger charge is -2.20. The van der Waals surface area contributed by atoms with Crippen molar-refractivity contribution in [3.05, 3.63) is 18.0 Å². The number of rotatable bonds is 2. The minimum absolute atomic E-state index is 0.508. The highest BCUT2D eigenvalue weighted by Gasteiger charge is 2.20. The highest BCUT2D eigenvalue weighted by atomic mass is 15.4. The molecule has 0 amide bonds. The van der Waals surface area contributed by atoms with Crippen molar-refractivity contribution in [2.24, 2.45) is 0 Å². The molecule has 1 aromatic rings. The van der Waals surface area contributed by atoms with Gasteiger partial charge >= 0.3 is 0 Å². The van der Waals surface area contributed by atoms with Gasteiger partial charge in [-0.2, -0.15) is 0 Å². The minimum Gasteiger partial charge on any atom is -0.317 e. The summed E-state index contributed by atoms with van der Waals surface area (Å²) in [5.74, 6) is 0. The van der Waals surface area contributed by atoms with Gasteiger partial charge in [-0.1, -0.05) is 11.3 Å². The van der Waals surface area contributed by atoms with Crippen molar-refractivity contribution in [1.29, 1.82) is 0 Å². The van der Waals surface area contributed by atoms with E-state index in [0.29, 0.717) is 6.04 Å². The lowest BCUT2D eigenvalue weighted by atomic mass is 10.0. The van der Waals surface area contributed by atoms with Gasteiger partial charge in [0.05, 0.1) is 17.9 Å². The van der Waals surface area contributed by atoms with Crippen LogP contribution in [0.5, 0.6) is 0 Å². The van der Waals surface area contributed by atoms with Gasteiger partial charge in [0.25, 0.3) is 0 Å². The standard InChI is InChI=1S/C13H21N5/c1-2-12(5-9-14-6-1)18-13(10-16-17-18)11-3-7-15-8-4-11/h3,10,12,14-15H,1-2,4-9H2. The maximum absolute atomic E-state index is 4.33. The van der Waals surface area contributed by atoms with E-state index in [-0.39, 0.29) is 0 Å². The van der Waals surface area contributed by atoms with Crippen molar-refractivity contribution in [2.75, 3.05) is 26.2 Å². The molecule has 98 valence electrons. The molecule has 1 fully saturated rings. The molecule has 2 aliphatic rings. The van der Waals surface area contributed by atoms with Crippen LogP contribution in [0.4, 0.5) is 0 Å². The topological polar surface area (TPSA) is 54.8 Å². The smallest absolute Gasteiger partial charge is 0.0846 e. The largest absolute Gasteiger partial charge is 0.317 e. The minimum atomic E-state index is 0.508. The molecule has 0 spiro atoms. The Balaban J connectivity index is 1.83. The van der Waals surface area contributed by atoms with E-state index in [0.717, 1.165) is 39.0 Å². The van der Waals surface area contributed by atoms with Crippen molar-refractivity contribution >= 4 is 5.57 Å². The number of hydrogen-bond acceptors (Lipinski definition) is 4. The molecule has 2 N–H and O–H groups in total. The average Bonchev–Trinajstić information content (AvgIpc) is 2.75. The summed E-state index contributed by atoms with van der Waals surface area (Å²) < 4.78 is 2.16. The van der Waals surface area contributed by atoms with E-state index in [1.165, 1.54) is 24.1 Å². The van der Waals surface area contributed by atoms with Gasteiger partial charge in [0.15, 0.2) is 0 Å². The first-order valence-corrected chi connectivity index (χ1v) is 6.96. The molecule has 3 heterocycles. The van der Waals surface area contributed by atoms with Gasteiger partial charge in [-0.05, 0) is 50.9 Å². The molecule has 18 heavy (non-hydrogen) atoms. The molecule has 5 heteroatoms. The second kappa shape index (κ2) is 5.63. The van der Waals surface area contributed by atoms with Crippen molar-refractivity contribution in [3.63, 3.8) is 0 Å². The summed E-state index contributed by atoms with van der Waals surface area (Å²) in [7, 11) is 0. The molecule has 2 aliphatic heterocycles. The first kappa shape index (κ1) is 11.9. The van der Waals surface area contributed by atoms with Crippen LogP contribution in [0.3, 0.4) is 0 Å². The molecule has 3 rings (SSSR count). The molecule has 0 aliphatic carbocycles. The molecular formula is C13H21N5. The van der Waals surface area contributed by atoms with Crippen molar-refractivity contribution in [1.82, 2.24) is 25.6 Å². The molecule has 1 atom stereocenters. The van der Waals surface area contributed by atoms with E-state index in [4.69, 9.17) is 0 Å². The Kier molecular flexibility index (Phi) is 3.71. The number of nitrogens with zero attached hydrogens (tertiary/aromatic N) is 3. The maximum Gasteiger partial charge on any atom is 0.0846 e. The summed E-state index contributed by atoms with van der Waals surface area (Å²) in [4.78, 5) is 0. The van der Waals surface area contributed by atoms with Crippen LogP contribution >= 0.6 is 0 Å². The fourth-order valence-corrected chi connectivity index (χ4v) is 2.84. The molecule has 1 unspecified atom stereocenters. The molecule has 5 nitrogen and oxygen atoms in total. The van der Waals surface area contributed by atoms with Crippen molar-refractivity contribution in [2.45, 2.75) is 31.7 Å². The van der Waals surface area contributed by atoms with Gasteiger partial charge in [-0.15, -0.1) is 5.10 Å². The zero-order chi connectivity index (χ0) is 12.2. The van der Waals surface area contributed by atoms with E-state index in [2.05, 4.69) is 31.7 Å². The van der Waals surface area contributed by atoms with Crippen molar-refractivity contribution in [3.8, 4) is 0 Å². The van der Waals surface area contributed by atoms with Crippen LogP contribution < -0.4 is 10.6 Å². The monoisotopic (exact) mass is 247 g/mol. The fraction of sp³-hybridized carbons (Fsp3) is 0.692. The molecule has 0 aromatic carbocycles. The predicted octanol–water partition coefficient (Wildman–Crippen LogP) is 0.969. The van der Waals surface area contributed by atoms with Gasteiger partial charge in [-0.3, -0.25) is 0 Å². The SMILES string of the molecule is C1=C(c2cnnn2C2CCCNCC2)CCNC1. The number of aromatic nitrogens is 3. The van der Waals surface area contributed by atoms with Gasteiger partial charge in [0.1, 0.15) is 0 Å². The summed E-state index contributed by atoms with van der Waals surface area (Å²) in [6.07, 6.45) is 8.86. The first-order valence-electron chi connectivity index (χ1n) is 6.96. The Morgan fingerprint density at radius 2 is 2.17 bits per heavy atom. The Morgan fingerprint density at radius 1 is 1.17 bits per heavy atom. The summed E-state index contributed by atoms with van der Waals surface area (Å²) in [5.41, 5.74) is 2.62. The summed E-state index contributed by atoms with van der Waals surface area (Å²) >= 11 is 0. The van der Waals surface area contributed by atoms with Crippen molar-refractivity contribution < 1.29 is 0 Å². The van der Waals surface area contributed by atoms with E-state index >= 15 is 0 Å². The molecule has 0 radical (unpaired) electrons. The zero-order valence-electron chi connectivity index (χ0n) is 10.7. The first-order chi connectivity index (χ1) is 8.95. The van der Waals surface area contributed by atoms with E-state index < -0.39 is 0 Å². The summed E-state index contributed by atoms with van der Waals surface area (Å²) in [6.45, 7) is 4.24. The lowest BCUT2D eigenvalue weighted by molar-refractivity contribution is 0.401. The summed E-state index contributed by atoms with van der Waals surface area (Å²) in [6, 6.07) is 0.508. The Labute approximate surface area is 108 Å². The Hall–Kier alpha value is -1.20. The van der Waals surface area contributed by atoms with Crippen LogP contribution in [0.2, 0.25) is 0 Å².